The molecule has 0 saturated carbocycles. The van der Waals surface area contributed by atoms with Gasteiger partial charge in [-0.15, -0.1) is 0 Å². The first-order valence-corrected chi connectivity index (χ1v) is 15.5. The lowest BCUT2D eigenvalue weighted by molar-refractivity contribution is -0.384. The van der Waals surface area contributed by atoms with Crippen LogP contribution in [0.25, 0.3) is 17.3 Å². The van der Waals surface area contributed by atoms with Crippen molar-refractivity contribution in [3.05, 3.63) is 75.1 Å². The van der Waals surface area contributed by atoms with E-state index in [1.807, 2.05) is 36.6 Å². The number of nitro groups is 1. The van der Waals surface area contributed by atoms with Crippen LogP contribution in [0.1, 0.15) is 35.4 Å². The first kappa shape index (κ1) is 28.1. The fraction of sp³-hybridized carbons (Fsp3) is 0.367. The zero-order chi connectivity index (χ0) is 29.8. The van der Waals surface area contributed by atoms with Gasteiger partial charge in [0.15, 0.2) is 0 Å². The summed E-state index contributed by atoms with van der Waals surface area (Å²) in [5.41, 5.74) is 5.36. The topological polar surface area (TPSA) is 118 Å². The van der Waals surface area contributed by atoms with Crippen LogP contribution < -0.4 is 9.80 Å². The van der Waals surface area contributed by atoms with Crippen LogP contribution in [0, 0.1) is 24.0 Å². The highest BCUT2D eigenvalue weighted by Gasteiger charge is 2.34. The Labute approximate surface area is 244 Å². The van der Waals surface area contributed by atoms with E-state index in [1.165, 1.54) is 9.21 Å². The number of anilines is 2. The fourth-order valence-electron chi connectivity index (χ4n) is 6.17. The van der Waals surface area contributed by atoms with E-state index in [1.54, 1.807) is 37.4 Å². The summed E-state index contributed by atoms with van der Waals surface area (Å²) in [5.74, 6) is -0.235. The molecule has 0 radical (unpaired) electrons. The van der Waals surface area contributed by atoms with E-state index in [4.69, 9.17) is 4.74 Å². The highest BCUT2D eigenvalue weighted by molar-refractivity contribution is 7.89. The molecule has 0 unspecified atom stereocenters. The second kappa shape index (κ2) is 10.7. The smallest absolute Gasteiger partial charge is 0.294 e. The van der Waals surface area contributed by atoms with Crippen molar-refractivity contribution in [3.8, 4) is 5.69 Å². The van der Waals surface area contributed by atoms with Gasteiger partial charge in [-0.2, -0.15) is 4.31 Å². The highest BCUT2D eigenvalue weighted by Crippen LogP contribution is 2.40. The number of nitrogens with zero attached hydrogens (tertiary/aromatic N) is 5. The van der Waals surface area contributed by atoms with Gasteiger partial charge in [-0.25, -0.2) is 8.42 Å². The van der Waals surface area contributed by atoms with E-state index >= 15 is 0 Å². The summed E-state index contributed by atoms with van der Waals surface area (Å²) < 4.78 is 35.4. The van der Waals surface area contributed by atoms with Crippen LogP contribution in [0.5, 0.6) is 0 Å². The number of amides is 1. The Kier molecular flexibility index (Phi) is 7.16. The number of sulfonamides is 1. The summed E-state index contributed by atoms with van der Waals surface area (Å²) in [6.45, 7) is 6.68. The van der Waals surface area contributed by atoms with Crippen LogP contribution in [-0.2, 0) is 19.6 Å². The normalized spacial score (nSPS) is 18.7. The molecule has 0 N–H and O–H groups in total. The molecular weight excluding hydrogens is 558 g/mol. The maximum absolute atomic E-state index is 13.4. The molecule has 3 aromatic rings. The maximum atomic E-state index is 13.4. The standard InChI is InChI=1S/C30H33N5O6S/c1-20-16-22(21(2)34(20)23-6-8-28(29(18-23)35(37)38)32-10-4-5-11-32)17-26-25-19-24(7-9-27(25)31(3)30(26)36)42(39,40)33-12-14-41-15-13-33/h6-9,16-19H,4-5,10-15H2,1-3H3/b26-17+. The monoisotopic (exact) mass is 591 g/mol. The quantitative estimate of drug-likeness (QED) is 0.240. The van der Waals surface area contributed by atoms with Crippen molar-refractivity contribution in [2.24, 2.45) is 0 Å². The zero-order valence-electron chi connectivity index (χ0n) is 23.9. The van der Waals surface area contributed by atoms with Crippen LogP contribution >= 0.6 is 0 Å². The number of aromatic nitrogens is 1. The predicted molar refractivity (Wildman–Crippen MR) is 161 cm³/mol. The summed E-state index contributed by atoms with van der Waals surface area (Å²) in [6, 6.07) is 12.0. The Morgan fingerprint density at radius 2 is 1.64 bits per heavy atom. The Balaban J connectivity index is 1.40. The largest absolute Gasteiger partial charge is 0.379 e. The van der Waals surface area contributed by atoms with Gasteiger partial charge < -0.3 is 19.1 Å². The van der Waals surface area contributed by atoms with Crippen LogP contribution in [0.3, 0.4) is 0 Å². The van der Waals surface area contributed by atoms with Crippen molar-refractivity contribution in [2.75, 3.05) is 56.2 Å². The van der Waals surface area contributed by atoms with Crippen molar-refractivity contribution in [1.82, 2.24) is 8.87 Å². The molecule has 0 spiro atoms. The molecule has 12 heteroatoms. The summed E-state index contributed by atoms with van der Waals surface area (Å²) in [6.07, 6.45) is 3.82. The van der Waals surface area contributed by atoms with Gasteiger partial charge in [0.05, 0.1) is 34.4 Å². The molecule has 2 saturated heterocycles. The SMILES string of the molecule is Cc1cc(/C=C2/C(=O)N(C)c3ccc(S(=O)(=O)N4CCOCC4)cc32)c(C)n1-c1ccc(N2CCCC2)c([N+](=O)[O-])c1. The number of rotatable bonds is 6. The number of carbonyl (C=O) groups excluding carboxylic acids is 1. The maximum Gasteiger partial charge on any atom is 0.294 e. The number of likely N-dealkylation sites (N-methyl/N-ethyl adjacent to an activating group) is 1. The van der Waals surface area contributed by atoms with Crippen LogP contribution in [-0.4, -0.2) is 74.6 Å². The average Bonchev–Trinajstić information content (AvgIpc) is 3.68. The lowest BCUT2D eigenvalue weighted by atomic mass is 10.0. The summed E-state index contributed by atoms with van der Waals surface area (Å²) in [5, 5.41) is 12.0. The average molecular weight is 592 g/mol. The van der Waals surface area contributed by atoms with Crippen molar-refractivity contribution >= 4 is 44.6 Å². The first-order chi connectivity index (χ1) is 20.1. The summed E-state index contributed by atoms with van der Waals surface area (Å²) >= 11 is 0. The van der Waals surface area contributed by atoms with E-state index in [0.717, 1.165) is 42.9 Å². The number of hydrogen-bond acceptors (Lipinski definition) is 7. The molecule has 3 aliphatic heterocycles. The third-order valence-electron chi connectivity index (χ3n) is 8.39. The van der Waals surface area contributed by atoms with Crippen molar-refractivity contribution in [2.45, 2.75) is 31.6 Å². The van der Waals surface area contributed by atoms with Crippen LogP contribution in [0.4, 0.5) is 17.1 Å². The highest BCUT2D eigenvalue weighted by atomic mass is 32.2. The van der Waals surface area contributed by atoms with Crippen LogP contribution in [0.15, 0.2) is 47.4 Å². The third kappa shape index (κ3) is 4.69. The molecule has 0 bridgehead atoms. The number of carbonyl (C=O) groups is 1. The Bertz CT molecular complexity index is 1730. The number of ether oxygens (including phenoxy) is 1. The lowest BCUT2D eigenvalue weighted by Gasteiger charge is -2.26. The van der Waals surface area contributed by atoms with E-state index in [2.05, 4.69) is 4.90 Å². The van der Waals surface area contributed by atoms with E-state index in [0.29, 0.717) is 41.4 Å². The Morgan fingerprint density at radius 1 is 0.952 bits per heavy atom. The van der Waals surface area contributed by atoms with Gasteiger partial charge in [-0.1, -0.05) is 0 Å². The second-order valence-electron chi connectivity index (χ2n) is 10.9. The summed E-state index contributed by atoms with van der Waals surface area (Å²) in [4.78, 5) is 28.8. The number of fused-ring (bicyclic) bond motifs is 1. The van der Waals surface area contributed by atoms with Gasteiger partial charge in [0, 0.05) is 61.8 Å². The van der Waals surface area contributed by atoms with Gasteiger partial charge in [-0.3, -0.25) is 14.9 Å². The number of benzene rings is 2. The molecule has 4 heterocycles. The molecule has 0 atom stereocenters. The minimum absolute atomic E-state index is 0.0670. The lowest BCUT2D eigenvalue weighted by Crippen LogP contribution is -2.40. The van der Waals surface area contributed by atoms with Crippen molar-refractivity contribution in [1.29, 1.82) is 0 Å². The van der Waals surface area contributed by atoms with Gasteiger partial charge in [-0.05, 0) is 74.7 Å². The van der Waals surface area contributed by atoms with E-state index in [9.17, 15) is 23.3 Å². The second-order valence-corrected chi connectivity index (χ2v) is 12.8. The molecule has 1 aromatic heterocycles. The van der Waals surface area contributed by atoms with Gasteiger partial charge >= 0.3 is 0 Å². The number of morpholine rings is 1. The molecule has 2 fully saturated rings. The molecule has 3 aliphatic rings. The third-order valence-corrected chi connectivity index (χ3v) is 10.3. The number of nitro benzene ring substituents is 1. The van der Waals surface area contributed by atoms with Crippen molar-refractivity contribution in [3.63, 3.8) is 0 Å². The molecule has 0 aliphatic carbocycles. The Hall–Kier alpha value is -4.00. The Morgan fingerprint density at radius 3 is 2.33 bits per heavy atom. The minimum atomic E-state index is -3.75. The number of hydrogen-bond donors (Lipinski definition) is 0. The first-order valence-electron chi connectivity index (χ1n) is 14.0. The minimum Gasteiger partial charge on any atom is -0.379 e. The zero-order valence-corrected chi connectivity index (χ0v) is 24.7. The van der Waals surface area contributed by atoms with Gasteiger partial charge in [0.1, 0.15) is 5.69 Å². The van der Waals surface area contributed by atoms with E-state index < -0.39 is 10.0 Å². The number of aryl methyl sites for hydroxylation is 1. The van der Waals surface area contributed by atoms with Gasteiger partial charge in [0.25, 0.3) is 11.6 Å². The van der Waals surface area contributed by atoms with Gasteiger partial charge in [0.2, 0.25) is 10.0 Å². The molecular formula is C30H33N5O6S. The van der Waals surface area contributed by atoms with E-state index in [-0.39, 0.29) is 34.5 Å². The molecule has 11 nitrogen and oxygen atoms in total. The molecule has 42 heavy (non-hydrogen) atoms. The predicted octanol–water partition coefficient (Wildman–Crippen LogP) is 4.14. The summed E-state index contributed by atoms with van der Waals surface area (Å²) in [7, 11) is -2.08. The molecule has 220 valence electrons. The fourth-order valence-corrected chi connectivity index (χ4v) is 7.61. The molecule has 2 aromatic carbocycles. The van der Waals surface area contributed by atoms with Crippen LogP contribution in [0.2, 0.25) is 0 Å². The molecule has 1 amide bonds. The van der Waals surface area contributed by atoms with Crippen molar-refractivity contribution < 1.29 is 22.9 Å². The molecule has 6 rings (SSSR count).